The molecular formula is C12H15N5O. The lowest BCUT2D eigenvalue weighted by Crippen LogP contribution is -2.07. The van der Waals surface area contributed by atoms with Gasteiger partial charge in [-0.05, 0) is 13.0 Å². The molecule has 2 aromatic rings. The summed E-state index contributed by atoms with van der Waals surface area (Å²) < 4.78 is 5.14. The van der Waals surface area contributed by atoms with E-state index in [0.717, 1.165) is 17.0 Å². The summed E-state index contributed by atoms with van der Waals surface area (Å²) in [6.45, 7) is 2.47. The summed E-state index contributed by atoms with van der Waals surface area (Å²) >= 11 is 0. The van der Waals surface area contributed by atoms with E-state index in [1.165, 1.54) is 0 Å². The van der Waals surface area contributed by atoms with Gasteiger partial charge in [-0.25, -0.2) is 4.98 Å². The lowest BCUT2D eigenvalue weighted by atomic mass is 10.3. The number of aryl methyl sites for hydroxylation is 1. The van der Waals surface area contributed by atoms with Gasteiger partial charge >= 0.3 is 0 Å². The Morgan fingerprint density at radius 1 is 1.39 bits per heavy atom. The second-order valence-corrected chi connectivity index (χ2v) is 3.80. The van der Waals surface area contributed by atoms with Crippen molar-refractivity contribution in [3.8, 4) is 5.75 Å². The molecule has 18 heavy (non-hydrogen) atoms. The molecule has 0 saturated carbocycles. The number of hydrogen-bond donors (Lipinski definition) is 2. The molecule has 0 atom stereocenters. The van der Waals surface area contributed by atoms with Gasteiger partial charge in [0.15, 0.2) is 0 Å². The number of nitrogens with one attached hydrogen (secondary N) is 1. The van der Waals surface area contributed by atoms with Gasteiger partial charge < -0.3 is 15.8 Å². The van der Waals surface area contributed by atoms with Crippen molar-refractivity contribution in [2.24, 2.45) is 0 Å². The fourth-order valence-corrected chi connectivity index (χ4v) is 1.49. The van der Waals surface area contributed by atoms with E-state index in [0.29, 0.717) is 12.4 Å². The first kappa shape index (κ1) is 12.1. The van der Waals surface area contributed by atoms with Gasteiger partial charge in [0.05, 0.1) is 19.3 Å². The Kier molecular flexibility index (Phi) is 3.57. The number of ether oxygens (including phenoxy) is 1. The Morgan fingerprint density at radius 3 is 3.00 bits per heavy atom. The number of anilines is 2. The van der Waals surface area contributed by atoms with Crippen LogP contribution in [0.15, 0.2) is 24.5 Å². The first-order chi connectivity index (χ1) is 8.69. The van der Waals surface area contributed by atoms with Crippen LogP contribution in [0.1, 0.15) is 11.3 Å². The standard InChI is InChI=1S/C12H15N5O/c1-8-6-16-12(13)17-11(8)15-7-9-5-10(18-2)3-4-14-9/h3-6H,7H2,1-2H3,(H3,13,15,16,17). The molecule has 6 heteroatoms. The van der Waals surface area contributed by atoms with Crippen molar-refractivity contribution in [1.82, 2.24) is 15.0 Å². The Hall–Kier alpha value is -2.37. The van der Waals surface area contributed by atoms with E-state index >= 15 is 0 Å². The zero-order valence-corrected chi connectivity index (χ0v) is 10.3. The summed E-state index contributed by atoms with van der Waals surface area (Å²) in [7, 11) is 1.63. The van der Waals surface area contributed by atoms with Crippen LogP contribution in [0.2, 0.25) is 0 Å². The average molecular weight is 245 g/mol. The van der Waals surface area contributed by atoms with Crippen molar-refractivity contribution in [3.63, 3.8) is 0 Å². The second-order valence-electron chi connectivity index (χ2n) is 3.80. The van der Waals surface area contributed by atoms with E-state index in [-0.39, 0.29) is 5.95 Å². The molecule has 0 spiro atoms. The predicted octanol–water partition coefficient (Wildman–Crippen LogP) is 1.38. The summed E-state index contributed by atoms with van der Waals surface area (Å²) in [6, 6.07) is 3.67. The summed E-state index contributed by atoms with van der Waals surface area (Å²) in [6.07, 6.45) is 3.39. The molecule has 0 saturated heterocycles. The second kappa shape index (κ2) is 5.31. The molecule has 3 N–H and O–H groups in total. The van der Waals surface area contributed by atoms with Crippen LogP contribution in [-0.4, -0.2) is 22.1 Å². The highest BCUT2D eigenvalue weighted by Gasteiger charge is 2.03. The lowest BCUT2D eigenvalue weighted by Gasteiger charge is -2.08. The third-order valence-electron chi connectivity index (χ3n) is 2.45. The van der Waals surface area contributed by atoms with Crippen LogP contribution in [0.4, 0.5) is 11.8 Å². The van der Waals surface area contributed by atoms with Crippen LogP contribution >= 0.6 is 0 Å². The van der Waals surface area contributed by atoms with Crippen LogP contribution in [0.25, 0.3) is 0 Å². The van der Waals surface area contributed by atoms with E-state index in [1.807, 2.05) is 13.0 Å². The van der Waals surface area contributed by atoms with Crippen LogP contribution in [0.3, 0.4) is 0 Å². The molecule has 0 aliphatic rings. The average Bonchev–Trinajstić information content (AvgIpc) is 2.40. The fraction of sp³-hybridized carbons (Fsp3) is 0.250. The quantitative estimate of drug-likeness (QED) is 0.846. The van der Waals surface area contributed by atoms with Gasteiger partial charge in [-0.2, -0.15) is 4.98 Å². The molecule has 0 unspecified atom stereocenters. The minimum atomic E-state index is 0.252. The molecule has 0 aliphatic carbocycles. The third-order valence-corrected chi connectivity index (χ3v) is 2.45. The Morgan fingerprint density at radius 2 is 2.22 bits per heavy atom. The Labute approximate surface area is 105 Å². The van der Waals surface area contributed by atoms with Crippen molar-refractivity contribution in [2.45, 2.75) is 13.5 Å². The summed E-state index contributed by atoms with van der Waals surface area (Å²) in [5, 5.41) is 3.17. The molecule has 0 bridgehead atoms. The first-order valence-corrected chi connectivity index (χ1v) is 5.51. The highest BCUT2D eigenvalue weighted by Crippen LogP contribution is 2.14. The van der Waals surface area contributed by atoms with Gasteiger partial charge in [-0.15, -0.1) is 0 Å². The number of rotatable bonds is 4. The molecule has 0 aromatic carbocycles. The van der Waals surface area contributed by atoms with Crippen molar-refractivity contribution >= 4 is 11.8 Å². The fourth-order valence-electron chi connectivity index (χ4n) is 1.49. The molecule has 2 heterocycles. The van der Waals surface area contributed by atoms with Gasteiger partial charge in [0.25, 0.3) is 0 Å². The monoisotopic (exact) mass is 245 g/mol. The Bertz CT molecular complexity index is 544. The minimum Gasteiger partial charge on any atom is -0.497 e. The number of nitrogens with two attached hydrogens (primary N) is 1. The topological polar surface area (TPSA) is 86.0 Å². The zero-order chi connectivity index (χ0) is 13.0. The van der Waals surface area contributed by atoms with Gasteiger partial charge in [-0.1, -0.05) is 0 Å². The molecule has 6 nitrogen and oxygen atoms in total. The van der Waals surface area contributed by atoms with Crippen molar-refractivity contribution in [2.75, 3.05) is 18.2 Å². The van der Waals surface area contributed by atoms with E-state index < -0.39 is 0 Å². The smallest absolute Gasteiger partial charge is 0.221 e. The molecule has 94 valence electrons. The molecule has 0 fully saturated rings. The number of aromatic nitrogens is 3. The number of nitrogens with zero attached hydrogens (tertiary/aromatic N) is 3. The largest absolute Gasteiger partial charge is 0.497 e. The molecule has 0 aliphatic heterocycles. The minimum absolute atomic E-state index is 0.252. The number of nitrogen functional groups attached to an aromatic ring is 1. The highest BCUT2D eigenvalue weighted by atomic mass is 16.5. The molecule has 2 rings (SSSR count). The number of hydrogen-bond acceptors (Lipinski definition) is 6. The lowest BCUT2D eigenvalue weighted by molar-refractivity contribution is 0.413. The summed E-state index contributed by atoms with van der Waals surface area (Å²) in [5.41, 5.74) is 7.35. The maximum absolute atomic E-state index is 5.54. The van der Waals surface area contributed by atoms with Gasteiger partial charge in [0, 0.05) is 24.0 Å². The van der Waals surface area contributed by atoms with Gasteiger partial charge in [0.1, 0.15) is 11.6 Å². The summed E-state index contributed by atoms with van der Waals surface area (Å²) in [4.78, 5) is 12.3. The van der Waals surface area contributed by atoms with Crippen LogP contribution in [-0.2, 0) is 6.54 Å². The molecule has 0 amide bonds. The number of pyridine rings is 1. The van der Waals surface area contributed by atoms with Crippen LogP contribution in [0.5, 0.6) is 5.75 Å². The molecular weight excluding hydrogens is 230 g/mol. The molecule has 2 aromatic heterocycles. The maximum atomic E-state index is 5.54. The van der Waals surface area contributed by atoms with E-state index in [2.05, 4.69) is 20.3 Å². The summed E-state index contributed by atoms with van der Waals surface area (Å²) in [5.74, 6) is 1.74. The maximum Gasteiger partial charge on any atom is 0.221 e. The number of methoxy groups -OCH3 is 1. The van der Waals surface area contributed by atoms with Crippen molar-refractivity contribution < 1.29 is 4.74 Å². The van der Waals surface area contributed by atoms with Gasteiger partial charge in [0.2, 0.25) is 5.95 Å². The third kappa shape index (κ3) is 2.85. The van der Waals surface area contributed by atoms with E-state index in [9.17, 15) is 0 Å². The van der Waals surface area contributed by atoms with E-state index in [4.69, 9.17) is 10.5 Å². The molecule has 0 radical (unpaired) electrons. The van der Waals surface area contributed by atoms with Crippen LogP contribution in [0, 0.1) is 6.92 Å². The van der Waals surface area contributed by atoms with Crippen molar-refractivity contribution in [3.05, 3.63) is 35.8 Å². The van der Waals surface area contributed by atoms with Crippen molar-refractivity contribution in [1.29, 1.82) is 0 Å². The first-order valence-electron chi connectivity index (χ1n) is 5.51. The SMILES string of the molecule is COc1ccnc(CNc2nc(N)ncc2C)c1. The zero-order valence-electron chi connectivity index (χ0n) is 10.3. The van der Waals surface area contributed by atoms with E-state index in [1.54, 1.807) is 25.6 Å². The normalized spacial score (nSPS) is 10.1. The van der Waals surface area contributed by atoms with Crippen LogP contribution < -0.4 is 15.8 Å². The highest BCUT2D eigenvalue weighted by molar-refractivity contribution is 5.45. The predicted molar refractivity (Wildman–Crippen MR) is 69.3 cm³/mol. The van der Waals surface area contributed by atoms with Gasteiger partial charge in [-0.3, -0.25) is 4.98 Å². The Balaban J connectivity index is 2.08.